The zero-order valence-corrected chi connectivity index (χ0v) is 17.6. The van der Waals surface area contributed by atoms with Crippen molar-refractivity contribution < 1.29 is 13.2 Å². The summed E-state index contributed by atoms with van der Waals surface area (Å²) in [6.07, 6.45) is 4.28. The number of amidine groups is 2. The van der Waals surface area contributed by atoms with E-state index in [9.17, 15) is 13.2 Å². The van der Waals surface area contributed by atoms with Crippen LogP contribution in [0, 0.1) is 5.41 Å². The van der Waals surface area contributed by atoms with E-state index in [4.69, 9.17) is 22.6 Å². The molecule has 9 N–H and O–H groups in total. The van der Waals surface area contributed by atoms with Crippen LogP contribution >= 0.6 is 0 Å². The Labute approximate surface area is 175 Å². The Bertz CT molecular complexity index is 1010. The van der Waals surface area contributed by atoms with Crippen molar-refractivity contribution >= 4 is 38.9 Å². The largest absolute Gasteiger partial charge is 0.401 e. The van der Waals surface area contributed by atoms with Crippen molar-refractivity contribution in [2.45, 2.75) is 24.0 Å². The molecular weight excluding hydrogens is 406 g/mol. The van der Waals surface area contributed by atoms with Crippen LogP contribution in [-0.4, -0.2) is 43.7 Å². The first-order chi connectivity index (χ1) is 13.9. The van der Waals surface area contributed by atoms with Crippen molar-refractivity contribution in [3.05, 3.63) is 48.2 Å². The third-order valence-electron chi connectivity index (χ3n) is 4.88. The highest BCUT2D eigenvalue weighted by molar-refractivity contribution is 7.92. The third kappa shape index (κ3) is 5.38. The smallest absolute Gasteiger partial charge is 0.319 e. The SMILES string of the molecule is C=C(N=C(N)/C=C(\N)C1(S(C)(=O)=O)CCC1)c1ccc(NC(=O)NCC(=N)N)cc1. The molecule has 0 aromatic heterocycles. The van der Waals surface area contributed by atoms with E-state index in [2.05, 4.69) is 22.2 Å². The molecule has 1 aromatic carbocycles. The van der Waals surface area contributed by atoms with Gasteiger partial charge in [0.1, 0.15) is 16.4 Å². The molecule has 0 saturated heterocycles. The summed E-state index contributed by atoms with van der Waals surface area (Å²) in [5.74, 6) is -0.0973. The lowest BCUT2D eigenvalue weighted by Crippen LogP contribution is -2.49. The van der Waals surface area contributed by atoms with E-state index in [1.54, 1.807) is 24.3 Å². The van der Waals surface area contributed by atoms with Gasteiger partial charge in [0.25, 0.3) is 0 Å². The van der Waals surface area contributed by atoms with Crippen LogP contribution in [0.5, 0.6) is 0 Å². The molecular formula is C19H27N7O3S. The number of rotatable bonds is 8. The second-order valence-electron chi connectivity index (χ2n) is 7.11. The van der Waals surface area contributed by atoms with Gasteiger partial charge < -0.3 is 27.8 Å². The molecule has 162 valence electrons. The summed E-state index contributed by atoms with van der Waals surface area (Å²) >= 11 is 0. The minimum absolute atomic E-state index is 0.0496. The van der Waals surface area contributed by atoms with Gasteiger partial charge in [0.15, 0.2) is 9.84 Å². The Morgan fingerprint density at radius 1 is 1.27 bits per heavy atom. The monoisotopic (exact) mass is 433 g/mol. The average Bonchev–Trinajstić information content (AvgIpc) is 2.57. The maximum atomic E-state index is 12.1. The quantitative estimate of drug-likeness (QED) is 0.260. The van der Waals surface area contributed by atoms with Crippen molar-refractivity contribution in [2.75, 3.05) is 18.1 Å². The van der Waals surface area contributed by atoms with Crippen LogP contribution in [0.4, 0.5) is 10.5 Å². The number of nitrogens with one attached hydrogen (secondary N) is 3. The number of nitrogens with zero attached hydrogens (tertiary/aromatic N) is 1. The predicted octanol–water partition coefficient (Wildman–Crippen LogP) is 0.882. The van der Waals surface area contributed by atoms with Crippen LogP contribution in [0.25, 0.3) is 5.70 Å². The number of hydrogen-bond donors (Lipinski definition) is 6. The van der Waals surface area contributed by atoms with Crippen molar-refractivity contribution in [1.82, 2.24) is 5.32 Å². The molecule has 2 amide bonds. The normalized spacial score (nSPS) is 16.3. The number of urea groups is 1. The Balaban J connectivity index is 2.07. The number of benzene rings is 1. The minimum atomic E-state index is -3.36. The van der Waals surface area contributed by atoms with E-state index < -0.39 is 20.6 Å². The van der Waals surface area contributed by atoms with Gasteiger partial charge in [-0.25, -0.2) is 18.2 Å². The summed E-state index contributed by atoms with van der Waals surface area (Å²) in [6.45, 7) is 3.81. The minimum Gasteiger partial charge on any atom is -0.401 e. The third-order valence-corrected chi connectivity index (χ3v) is 6.94. The number of aliphatic imine (C=N–C) groups is 1. The van der Waals surface area contributed by atoms with Crippen LogP contribution in [0.3, 0.4) is 0 Å². The molecule has 0 unspecified atom stereocenters. The van der Waals surface area contributed by atoms with Gasteiger partial charge in [-0.2, -0.15) is 0 Å². The zero-order valence-electron chi connectivity index (χ0n) is 16.7. The van der Waals surface area contributed by atoms with E-state index in [1.807, 2.05) is 0 Å². The fourth-order valence-corrected chi connectivity index (χ4v) is 4.53. The number of nitrogens with two attached hydrogens (primary N) is 3. The molecule has 10 nitrogen and oxygen atoms in total. The Hall–Kier alpha value is -3.34. The molecule has 30 heavy (non-hydrogen) atoms. The van der Waals surface area contributed by atoms with Gasteiger partial charge in [0, 0.05) is 23.7 Å². The van der Waals surface area contributed by atoms with Crippen molar-refractivity contribution in [3.8, 4) is 0 Å². The zero-order chi connectivity index (χ0) is 22.5. The molecule has 11 heteroatoms. The first-order valence-electron chi connectivity index (χ1n) is 9.13. The lowest BCUT2D eigenvalue weighted by molar-refractivity contribution is 0.253. The number of carbonyl (C=O) groups excluding carboxylic acids is 1. The summed E-state index contributed by atoms with van der Waals surface area (Å²) in [5.41, 5.74) is 18.9. The van der Waals surface area contributed by atoms with E-state index in [0.29, 0.717) is 29.8 Å². The predicted molar refractivity (Wildman–Crippen MR) is 120 cm³/mol. The fraction of sp³-hybridized carbons (Fsp3) is 0.316. The van der Waals surface area contributed by atoms with Crippen LogP contribution in [0.1, 0.15) is 24.8 Å². The fourth-order valence-electron chi connectivity index (χ4n) is 3.01. The first-order valence-corrected chi connectivity index (χ1v) is 11.0. The van der Waals surface area contributed by atoms with Crippen molar-refractivity contribution in [3.63, 3.8) is 0 Å². The molecule has 2 rings (SSSR count). The van der Waals surface area contributed by atoms with Crippen molar-refractivity contribution in [1.29, 1.82) is 5.41 Å². The van der Waals surface area contributed by atoms with E-state index in [-0.39, 0.29) is 23.9 Å². The highest BCUT2D eigenvalue weighted by atomic mass is 32.2. The summed E-state index contributed by atoms with van der Waals surface area (Å²) in [7, 11) is -3.36. The van der Waals surface area contributed by atoms with Crippen LogP contribution in [0.15, 0.2) is 47.6 Å². The Morgan fingerprint density at radius 2 is 1.87 bits per heavy atom. The van der Waals surface area contributed by atoms with Gasteiger partial charge in [0.2, 0.25) is 0 Å². The molecule has 0 aliphatic heterocycles. The maximum Gasteiger partial charge on any atom is 0.319 e. The lowest BCUT2D eigenvalue weighted by Gasteiger charge is -2.40. The van der Waals surface area contributed by atoms with Gasteiger partial charge in [-0.3, -0.25) is 5.41 Å². The topological polar surface area (TPSA) is 190 Å². The van der Waals surface area contributed by atoms with Gasteiger partial charge in [-0.05, 0) is 37.0 Å². The number of carbonyl (C=O) groups is 1. The number of sulfone groups is 1. The van der Waals surface area contributed by atoms with Crippen LogP contribution < -0.4 is 27.8 Å². The van der Waals surface area contributed by atoms with Gasteiger partial charge in [0.05, 0.1) is 12.2 Å². The summed E-state index contributed by atoms with van der Waals surface area (Å²) in [5, 5.41) is 12.1. The van der Waals surface area contributed by atoms with E-state index in [0.717, 1.165) is 6.42 Å². The molecule has 0 spiro atoms. The van der Waals surface area contributed by atoms with E-state index >= 15 is 0 Å². The van der Waals surface area contributed by atoms with Crippen molar-refractivity contribution in [2.24, 2.45) is 22.2 Å². The van der Waals surface area contributed by atoms with Crippen LogP contribution in [0.2, 0.25) is 0 Å². The summed E-state index contributed by atoms with van der Waals surface area (Å²) < 4.78 is 23.2. The van der Waals surface area contributed by atoms with Gasteiger partial charge >= 0.3 is 6.03 Å². The molecule has 1 fully saturated rings. The highest BCUT2D eigenvalue weighted by Gasteiger charge is 2.48. The molecule has 1 saturated carbocycles. The Kier molecular flexibility index (Phi) is 6.88. The standard InChI is InChI=1S/C19H27N7O3S/c1-12(13-4-6-14(7-5-13)26-18(27)24-11-16(21)22)25-17(23)10-15(20)19(8-3-9-19)30(2,28)29/h4-7,10H,1,3,8-9,11,20H2,2H3,(H3,21,22)(H2,23,25)(H2,24,26,27)/b15-10-. The molecule has 0 atom stereocenters. The lowest BCUT2D eigenvalue weighted by atomic mass is 9.81. The van der Waals surface area contributed by atoms with Gasteiger partial charge in [-0.1, -0.05) is 18.7 Å². The number of amides is 2. The van der Waals surface area contributed by atoms with E-state index in [1.165, 1.54) is 12.3 Å². The highest BCUT2D eigenvalue weighted by Crippen LogP contribution is 2.42. The first kappa shape index (κ1) is 22.9. The summed E-state index contributed by atoms with van der Waals surface area (Å²) in [6, 6.07) is 6.19. The van der Waals surface area contributed by atoms with Crippen LogP contribution in [-0.2, 0) is 9.84 Å². The second-order valence-corrected chi connectivity index (χ2v) is 9.44. The molecule has 0 heterocycles. The second kappa shape index (κ2) is 8.99. The number of anilines is 1. The average molecular weight is 434 g/mol. The molecule has 1 aromatic rings. The molecule has 0 radical (unpaired) electrons. The maximum absolute atomic E-state index is 12.1. The Morgan fingerprint density at radius 3 is 2.33 bits per heavy atom. The molecule has 0 bridgehead atoms. The molecule has 1 aliphatic rings. The number of hydrogen-bond acceptors (Lipinski definition) is 6. The van der Waals surface area contributed by atoms with Gasteiger partial charge in [-0.15, -0.1) is 0 Å². The summed E-state index contributed by atoms with van der Waals surface area (Å²) in [4.78, 5) is 15.9. The molecule has 1 aliphatic carbocycles.